The Kier molecular flexibility index (Phi) is 10.1. The number of aromatic nitrogens is 3. The summed E-state index contributed by atoms with van der Waals surface area (Å²) in [6.07, 6.45) is 6.53. The fourth-order valence-electron chi connectivity index (χ4n) is 6.16. The van der Waals surface area contributed by atoms with E-state index >= 15 is 0 Å². The zero-order valence-corrected chi connectivity index (χ0v) is 27.9. The van der Waals surface area contributed by atoms with Crippen LogP contribution in [0.1, 0.15) is 53.1 Å². The van der Waals surface area contributed by atoms with Crippen molar-refractivity contribution in [2.24, 2.45) is 0 Å². The van der Waals surface area contributed by atoms with Gasteiger partial charge in [-0.15, -0.1) is 11.3 Å². The molecule has 3 N–H and O–H groups in total. The molecule has 5 aromatic rings. The van der Waals surface area contributed by atoms with Crippen LogP contribution in [0.25, 0.3) is 32.6 Å². The van der Waals surface area contributed by atoms with Crippen LogP contribution in [-0.2, 0) is 29.0 Å². The number of hydrogen-bond acceptors (Lipinski definition) is 8. The molecule has 0 unspecified atom stereocenters. The summed E-state index contributed by atoms with van der Waals surface area (Å²) in [5.74, 6) is -0.141. The van der Waals surface area contributed by atoms with Gasteiger partial charge in [0, 0.05) is 48.3 Å². The molecule has 2 aromatic carbocycles. The lowest BCUT2D eigenvalue weighted by atomic mass is 9.93. The number of thiazole rings is 1. The molecule has 0 spiro atoms. The maximum atomic E-state index is 11.5. The standard InChI is InChI=1S/C36H36ClN5O4S/c1-21-25(9-5-10-26(21)28-14-12-22(36(41-28)46-2)6-3-8-24-13-15-31(43)40-24)27-11-4-7-23(34(27)37)18-29-35-30(16-17-39-29)47-32(42-35)19-38-20-33(44)45/h4-5,7,9-12,14,16-17,24,38H,3,6,8,13,15,18-20H2,1-2H3,(H,40,43)(H,44,45)/t24-/m1/s1. The van der Waals surface area contributed by atoms with Gasteiger partial charge in [-0.25, -0.2) is 9.97 Å². The van der Waals surface area contributed by atoms with Crippen LogP contribution >= 0.6 is 22.9 Å². The minimum Gasteiger partial charge on any atom is -0.481 e. The van der Waals surface area contributed by atoms with Gasteiger partial charge in [-0.05, 0) is 61.4 Å². The van der Waals surface area contributed by atoms with Gasteiger partial charge in [-0.3, -0.25) is 14.6 Å². The third-order valence-electron chi connectivity index (χ3n) is 8.53. The minimum absolute atomic E-state index is 0.123. The topological polar surface area (TPSA) is 126 Å². The summed E-state index contributed by atoms with van der Waals surface area (Å²) in [7, 11) is 1.65. The molecule has 1 fully saturated rings. The summed E-state index contributed by atoms with van der Waals surface area (Å²) in [5.41, 5.74) is 8.44. The molecule has 11 heteroatoms. The highest BCUT2D eigenvalue weighted by atomic mass is 35.5. The molecule has 0 aliphatic carbocycles. The molecule has 1 amide bonds. The molecule has 0 bridgehead atoms. The first-order valence-corrected chi connectivity index (χ1v) is 16.9. The van der Waals surface area contributed by atoms with Crippen LogP contribution in [0.3, 0.4) is 0 Å². The largest absolute Gasteiger partial charge is 0.481 e. The highest BCUT2D eigenvalue weighted by Gasteiger charge is 2.21. The first-order chi connectivity index (χ1) is 22.8. The minimum atomic E-state index is -0.906. The molecule has 1 saturated heterocycles. The predicted molar refractivity (Wildman–Crippen MR) is 185 cm³/mol. The van der Waals surface area contributed by atoms with Crippen molar-refractivity contribution in [2.75, 3.05) is 13.7 Å². The number of fused-ring (bicyclic) bond motifs is 1. The number of aliphatic carboxylic acids is 1. The van der Waals surface area contributed by atoms with E-state index in [1.54, 1.807) is 13.3 Å². The van der Waals surface area contributed by atoms with Gasteiger partial charge in [-0.2, -0.15) is 0 Å². The lowest BCUT2D eigenvalue weighted by Crippen LogP contribution is -2.25. The Labute approximate surface area is 282 Å². The zero-order valence-electron chi connectivity index (χ0n) is 26.3. The maximum absolute atomic E-state index is 11.5. The number of carbonyl (C=O) groups is 2. The van der Waals surface area contributed by atoms with E-state index in [9.17, 15) is 9.59 Å². The molecule has 1 aliphatic rings. The highest BCUT2D eigenvalue weighted by molar-refractivity contribution is 7.18. The van der Waals surface area contributed by atoms with Gasteiger partial charge >= 0.3 is 5.97 Å². The second kappa shape index (κ2) is 14.6. The number of amides is 1. The highest BCUT2D eigenvalue weighted by Crippen LogP contribution is 2.38. The predicted octanol–water partition coefficient (Wildman–Crippen LogP) is 6.76. The summed E-state index contributed by atoms with van der Waals surface area (Å²) in [6, 6.07) is 18.6. The van der Waals surface area contributed by atoms with Gasteiger partial charge in [0.1, 0.15) is 10.5 Å². The number of rotatable bonds is 13. The molecule has 1 atom stereocenters. The number of nitrogens with one attached hydrogen (secondary N) is 2. The van der Waals surface area contributed by atoms with Crippen LogP contribution in [-0.4, -0.2) is 51.6 Å². The molecule has 3 aromatic heterocycles. The van der Waals surface area contributed by atoms with Crippen LogP contribution in [0.5, 0.6) is 5.88 Å². The first kappa shape index (κ1) is 32.6. The van der Waals surface area contributed by atoms with E-state index in [4.69, 9.17) is 31.4 Å². The molecule has 6 rings (SSSR count). The van der Waals surface area contributed by atoms with Crippen molar-refractivity contribution in [3.8, 4) is 28.3 Å². The average Bonchev–Trinajstić information content (AvgIpc) is 3.68. The Morgan fingerprint density at radius 3 is 2.68 bits per heavy atom. The third kappa shape index (κ3) is 7.45. The van der Waals surface area contributed by atoms with Crippen LogP contribution in [0.2, 0.25) is 5.02 Å². The van der Waals surface area contributed by atoms with Gasteiger partial charge in [0.2, 0.25) is 11.8 Å². The Balaban J connectivity index is 1.23. The average molecular weight is 670 g/mol. The van der Waals surface area contributed by atoms with E-state index in [2.05, 4.69) is 40.7 Å². The van der Waals surface area contributed by atoms with Crippen molar-refractivity contribution in [3.63, 3.8) is 0 Å². The van der Waals surface area contributed by atoms with Crippen LogP contribution in [0.15, 0.2) is 60.8 Å². The van der Waals surface area contributed by atoms with Gasteiger partial charge in [0.25, 0.3) is 0 Å². The van der Waals surface area contributed by atoms with Crippen LogP contribution < -0.4 is 15.4 Å². The quantitative estimate of drug-likeness (QED) is 0.126. The van der Waals surface area contributed by atoms with Crippen molar-refractivity contribution in [3.05, 3.63) is 93.2 Å². The third-order valence-corrected chi connectivity index (χ3v) is 10.00. The fraction of sp³-hybridized carbons (Fsp3) is 0.306. The molecule has 47 heavy (non-hydrogen) atoms. The number of ether oxygens (including phenoxy) is 1. The number of methoxy groups -OCH3 is 1. The molecule has 0 radical (unpaired) electrons. The van der Waals surface area contributed by atoms with Gasteiger partial charge in [-0.1, -0.05) is 54.1 Å². The van der Waals surface area contributed by atoms with Gasteiger partial charge in [0.05, 0.1) is 34.8 Å². The number of aryl methyl sites for hydroxylation is 1. The number of pyridine rings is 2. The first-order valence-electron chi connectivity index (χ1n) is 15.7. The van der Waals surface area contributed by atoms with E-state index in [-0.39, 0.29) is 18.5 Å². The normalized spacial score (nSPS) is 14.4. The second-order valence-electron chi connectivity index (χ2n) is 11.7. The van der Waals surface area contributed by atoms with Crippen LogP contribution in [0, 0.1) is 6.92 Å². The zero-order chi connectivity index (χ0) is 32.9. The molecular formula is C36H36ClN5O4S. The Hall–Kier alpha value is -4.38. The molecule has 242 valence electrons. The van der Waals surface area contributed by atoms with E-state index in [1.807, 2.05) is 36.4 Å². The number of carboxylic acids is 1. The molecule has 1 aliphatic heterocycles. The smallest absolute Gasteiger partial charge is 0.317 e. The lowest BCUT2D eigenvalue weighted by molar-refractivity contribution is -0.136. The van der Waals surface area contributed by atoms with E-state index in [1.165, 1.54) is 11.3 Å². The van der Waals surface area contributed by atoms with E-state index in [0.29, 0.717) is 30.3 Å². The number of halogens is 1. The number of hydrogen-bond donors (Lipinski definition) is 3. The monoisotopic (exact) mass is 669 g/mol. The molecule has 9 nitrogen and oxygen atoms in total. The van der Waals surface area contributed by atoms with Gasteiger partial charge < -0.3 is 20.5 Å². The number of carbonyl (C=O) groups excluding carboxylic acids is 1. The Morgan fingerprint density at radius 2 is 1.89 bits per heavy atom. The fourth-order valence-corrected chi connectivity index (χ4v) is 7.41. The molecule has 0 saturated carbocycles. The van der Waals surface area contributed by atoms with E-state index < -0.39 is 5.97 Å². The van der Waals surface area contributed by atoms with Gasteiger partial charge in [0.15, 0.2) is 0 Å². The summed E-state index contributed by atoms with van der Waals surface area (Å²) in [4.78, 5) is 36.7. The van der Waals surface area contributed by atoms with Crippen molar-refractivity contribution in [1.29, 1.82) is 0 Å². The molecule has 4 heterocycles. The SMILES string of the molecule is COc1nc(-c2cccc(-c3cccc(Cc4nccc5sc(CNCC(=O)O)nc45)c3Cl)c2C)ccc1CCC[C@@H]1CCC(=O)N1. The van der Waals surface area contributed by atoms with Crippen molar-refractivity contribution in [1.82, 2.24) is 25.6 Å². The maximum Gasteiger partial charge on any atom is 0.317 e. The Morgan fingerprint density at radius 1 is 1.09 bits per heavy atom. The summed E-state index contributed by atoms with van der Waals surface area (Å²) in [6.45, 7) is 2.34. The van der Waals surface area contributed by atoms with Crippen molar-refractivity contribution in [2.45, 2.75) is 58.0 Å². The number of benzene rings is 2. The number of carboxylic acid groups (broad SMARTS) is 1. The van der Waals surface area contributed by atoms with Crippen molar-refractivity contribution >= 4 is 45.0 Å². The summed E-state index contributed by atoms with van der Waals surface area (Å²) in [5, 5.41) is 16.3. The number of nitrogens with zero attached hydrogens (tertiary/aromatic N) is 3. The van der Waals surface area contributed by atoms with E-state index in [0.717, 1.165) is 85.7 Å². The summed E-state index contributed by atoms with van der Waals surface area (Å²) >= 11 is 8.64. The van der Waals surface area contributed by atoms with Crippen molar-refractivity contribution < 1.29 is 19.4 Å². The Bertz CT molecular complexity index is 1940. The van der Waals surface area contributed by atoms with Crippen LogP contribution in [0.4, 0.5) is 0 Å². The lowest BCUT2D eigenvalue weighted by Gasteiger charge is -2.16. The summed E-state index contributed by atoms with van der Waals surface area (Å²) < 4.78 is 6.71. The second-order valence-corrected chi connectivity index (χ2v) is 13.2. The molecular weight excluding hydrogens is 634 g/mol.